The van der Waals surface area contributed by atoms with Crippen molar-refractivity contribution in [2.75, 3.05) is 0 Å². The van der Waals surface area contributed by atoms with Crippen molar-refractivity contribution < 1.29 is 8.83 Å². The van der Waals surface area contributed by atoms with Crippen molar-refractivity contribution in [3.63, 3.8) is 0 Å². The highest BCUT2D eigenvalue weighted by Crippen LogP contribution is 2.49. The molecule has 0 aliphatic rings. The largest absolute Gasteiger partial charge is 0.455 e. The van der Waals surface area contributed by atoms with E-state index >= 15 is 0 Å². The molecule has 0 fully saturated rings. The number of hydrogen-bond acceptors (Lipinski definition) is 9. The van der Waals surface area contributed by atoms with Crippen LogP contribution in [0.5, 0.6) is 0 Å². The molecule has 0 aliphatic carbocycles. The van der Waals surface area contributed by atoms with Crippen LogP contribution in [0.4, 0.5) is 0 Å². The highest BCUT2D eigenvalue weighted by atomic mass is 32.1. The van der Waals surface area contributed by atoms with Crippen molar-refractivity contribution in [1.29, 1.82) is 0 Å². The molecule has 0 amide bonds. The Morgan fingerprint density at radius 1 is 0.183 bits per heavy atom. The van der Waals surface area contributed by atoms with Gasteiger partial charge in [0.2, 0.25) is 0 Å². The van der Waals surface area contributed by atoms with Crippen molar-refractivity contribution in [2.24, 2.45) is 0 Å². The minimum atomic E-state index is 0.533. The predicted octanol–water partition coefficient (Wildman–Crippen LogP) is 31.1. The van der Waals surface area contributed by atoms with Crippen LogP contribution in [0.3, 0.4) is 0 Å². The standard InChI is InChI=1S/C118H68N10O2S/c1-4-23-69(24-5-1)70-43-45-73(46-44-70)115-119-113(71-25-6-2-7-26-71)121-117(122-115)92-59-62-101(81-30-11-10-29-80(81)92)128-104-65-78(53-55-85(104)96-67-97-88-35-16-21-42-108(88)131-109(97)68-105(96)128)125-98-38-17-13-32-83(98)94-63-75(49-60-102(94)125)76-50-61-103-95(64-76)84-33-14-18-39-99(84)126(103)79-54-56-87-91-58-57-89-82-31-12-19-40-100(82)127(110(89)112(91)130-107(87)66-79)77-51-47-74(48-52-77)116-120-114(72-27-8-3-9-28-72)123-118(124-116)93-37-22-36-90-86-34-15-20-41-106(86)129-111(90)93/h1-68H. The van der Waals surface area contributed by atoms with Crippen LogP contribution in [-0.4, -0.2) is 48.2 Å². The van der Waals surface area contributed by atoms with Crippen LogP contribution < -0.4 is 0 Å². The molecule has 0 aliphatic heterocycles. The van der Waals surface area contributed by atoms with Gasteiger partial charge in [0.15, 0.2) is 40.5 Å². The third-order valence-corrected chi connectivity index (χ3v) is 27.8. The fourth-order valence-corrected chi connectivity index (χ4v) is 21.8. The van der Waals surface area contributed by atoms with E-state index in [9.17, 15) is 0 Å². The molecule has 0 saturated carbocycles. The van der Waals surface area contributed by atoms with Gasteiger partial charge in [0, 0.05) is 141 Å². The molecule has 0 atom stereocenters. The van der Waals surface area contributed by atoms with E-state index in [0.717, 1.165) is 199 Å². The molecule has 19 aromatic carbocycles. The SMILES string of the molecule is c1ccc(-c2ccc(-c3nc(-c4ccccc4)nc(-c4ccc(-n5c6cc(-n7c8ccccc8c8cc(-c9ccc%10c(c9)c9ccccc9n%10-c9ccc%10c(c9)oc9c%10ccc%10c%11ccccc%11n(-c%11ccc(-c%12nc(-c%13ccccc%13)nc(-c%13cccc%14c%13oc%13ccccc%13%14)n%12)cc%11)c%109)ccc87)ccc6c6cc7c(cc65)sc5ccccc57)c5ccccc45)n3)cc2)cc1. The summed E-state index contributed by atoms with van der Waals surface area (Å²) in [5.74, 6) is 3.48. The molecule has 0 radical (unpaired) electrons. The summed E-state index contributed by atoms with van der Waals surface area (Å²) in [4.78, 5) is 31.4. The third kappa shape index (κ3) is 11.3. The molecular weight excluding hydrogens is 1620 g/mol. The van der Waals surface area contributed by atoms with Gasteiger partial charge in [-0.3, -0.25) is 0 Å². The Bertz CT molecular complexity index is 9680. The summed E-state index contributed by atoms with van der Waals surface area (Å²) in [6.07, 6.45) is 0. The Morgan fingerprint density at radius 2 is 0.595 bits per heavy atom. The minimum Gasteiger partial charge on any atom is -0.455 e. The highest BCUT2D eigenvalue weighted by molar-refractivity contribution is 7.25. The first-order chi connectivity index (χ1) is 64.9. The number of aromatic nitrogens is 10. The monoisotopic (exact) mass is 1690 g/mol. The molecule has 0 unspecified atom stereocenters. The van der Waals surface area contributed by atoms with Crippen molar-refractivity contribution in [2.45, 2.75) is 0 Å². The van der Waals surface area contributed by atoms with Gasteiger partial charge in [0.05, 0.1) is 55.4 Å². The molecule has 131 heavy (non-hydrogen) atoms. The highest BCUT2D eigenvalue weighted by Gasteiger charge is 2.27. The first kappa shape index (κ1) is 72.8. The van der Waals surface area contributed by atoms with Gasteiger partial charge in [-0.2, -0.15) is 0 Å². The average Bonchev–Trinajstić information content (AvgIpc) is 1.56. The van der Waals surface area contributed by atoms with E-state index in [0.29, 0.717) is 34.9 Å². The van der Waals surface area contributed by atoms with Crippen molar-refractivity contribution in [3.05, 3.63) is 413 Å². The normalized spacial score (nSPS) is 12.1. The van der Waals surface area contributed by atoms with Crippen molar-refractivity contribution >= 4 is 173 Å². The van der Waals surface area contributed by atoms with Gasteiger partial charge in [0.1, 0.15) is 16.7 Å². The van der Waals surface area contributed by atoms with Crippen LogP contribution in [0.15, 0.2) is 421 Å². The number of nitrogens with zero attached hydrogens (tertiary/aromatic N) is 10. The molecule has 0 bridgehead atoms. The average molecular weight is 1690 g/mol. The molecule has 28 aromatic rings. The first-order valence-corrected chi connectivity index (χ1v) is 44.9. The zero-order valence-electron chi connectivity index (χ0n) is 70.0. The van der Waals surface area contributed by atoms with E-state index in [1.54, 1.807) is 0 Å². The maximum atomic E-state index is 7.31. The van der Waals surface area contributed by atoms with Crippen LogP contribution in [0, 0.1) is 0 Å². The molecule has 0 spiro atoms. The van der Waals surface area contributed by atoms with Crippen LogP contribution in [0.1, 0.15) is 0 Å². The Hall–Kier alpha value is -17.5. The lowest BCUT2D eigenvalue weighted by molar-refractivity contribution is 0.669. The molecular formula is C118H68N10O2S. The lowest BCUT2D eigenvalue weighted by atomic mass is 10.0. The molecule has 9 heterocycles. The summed E-state index contributed by atoms with van der Waals surface area (Å²) in [5.41, 5.74) is 25.8. The van der Waals surface area contributed by atoms with E-state index in [1.807, 2.05) is 96.3 Å². The second-order valence-electron chi connectivity index (χ2n) is 33.9. The lowest BCUT2D eigenvalue weighted by Crippen LogP contribution is -2.02. The molecule has 13 heteroatoms. The van der Waals surface area contributed by atoms with E-state index in [1.165, 1.54) is 41.7 Å². The fraction of sp³-hybridized carbons (Fsp3) is 0. The quantitative estimate of drug-likeness (QED) is 0.118. The van der Waals surface area contributed by atoms with Gasteiger partial charge in [-0.1, -0.05) is 267 Å². The zero-order valence-corrected chi connectivity index (χ0v) is 70.8. The summed E-state index contributed by atoms with van der Waals surface area (Å²) in [6.45, 7) is 0. The minimum absolute atomic E-state index is 0.533. The van der Waals surface area contributed by atoms with E-state index in [-0.39, 0.29) is 0 Å². The number of rotatable bonds is 12. The van der Waals surface area contributed by atoms with Gasteiger partial charge in [-0.25, -0.2) is 29.9 Å². The number of furan rings is 2. The maximum absolute atomic E-state index is 7.31. The number of para-hydroxylation sites is 5. The smallest absolute Gasteiger partial charge is 0.167 e. The summed E-state index contributed by atoms with van der Waals surface area (Å²) in [7, 11) is 0. The van der Waals surface area contributed by atoms with Gasteiger partial charge in [-0.15, -0.1) is 11.3 Å². The topological polar surface area (TPSA) is 123 Å². The first-order valence-electron chi connectivity index (χ1n) is 44.1. The number of thiophene rings is 1. The summed E-state index contributed by atoms with van der Waals surface area (Å²) >= 11 is 1.85. The summed E-state index contributed by atoms with van der Waals surface area (Å²) in [5, 5.41) is 18.0. The Kier molecular flexibility index (Phi) is 15.8. The van der Waals surface area contributed by atoms with Crippen LogP contribution in [0.2, 0.25) is 0 Å². The van der Waals surface area contributed by atoms with Crippen molar-refractivity contribution in [1.82, 2.24) is 48.2 Å². The van der Waals surface area contributed by atoms with Crippen LogP contribution in [0.25, 0.3) is 275 Å². The van der Waals surface area contributed by atoms with Crippen molar-refractivity contribution in [3.8, 4) is 113 Å². The molecule has 12 nitrogen and oxygen atoms in total. The van der Waals surface area contributed by atoms with E-state index in [4.69, 9.17) is 38.7 Å². The van der Waals surface area contributed by atoms with E-state index < -0.39 is 0 Å². The van der Waals surface area contributed by atoms with Gasteiger partial charge in [-0.05, 0) is 167 Å². The molecule has 28 rings (SSSR count). The third-order valence-electron chi connectivity index (χ3n) is 26.7. The Balaban J connectivity index is 0.543. The number of hydrogen-bond donors (Lipinski definition) is 0. The summed E-state index contributed by atoms with van der Waals surface area (Å²) < 4.78 is 26.1. The number of benzene rings is 19. The Labute approximate surface area is 751 Å². The van der Waals surface area contributed by atoms with Gasteiger partial charge >= 0.3 is 0 Å². The van der Waals surface area contributed by atoms with Gasteiger partial charge < -0.3 is 27.1 Å². The molecule has 608 valence electrons. The van der Waals surface area contributed by atoms with Crippen LogP contribution in [-0.2, 0) is 0 Å². The summed E-state index contributed by atoms with van der Waals surface area (Å²) in [6, 6.07) is 148. The van der Waals surface area contributed by atoms with Gasteiger partial charge in [0.25, 0.3) is 0 Å². The van der Waals surface area contributed by atoms with E-state index in [2.05, 4.69) is 346 Å². The molecule has 0 N–H and O–H groups in total. The zero-order chi connectivity index (χ0) is 85.6. The second kappa shape index (κ2) is 28.5. The Morgan fingerprint density at radius 3 is 1.24 bits per heavy atom. The second-order valence-corrected chi connectivity index (χ2v) is 35.0. The van der Waals surface area contributed by atoms with Crippen LogP contribution >= 0.6 is 11.3 Å². The molecule has 9 aromatic heterocycles. The molecule has 0 saturated heterocycles. The number of fused-ring (bicyclic) bond motifs is 23. The lowest BCUT2D eigenvalue weighted by Gasteiger charge is -2.16. The fourth-order valence-electron chi connectivity index (χ4n) is 20.6. The maximum Gasteiger partial charge on any atom is 0.167 e. The predicted molar refractivity (Wildman–Crippen MR) is 539 cm³/mol.